The summed E-state index contributed by atoms with van der Waals surface area (Å²) in [5, 5.41) is 7.94. The lowest BCUT2D eigenvalue weighted by molar-refractivity contribution is 0.415. The van der Waals surface area contributed by atoms with Crippen molar-refractivity contribution in [3.05, 3.63) is 60.2 Å². The summed E-state index contributed by atoms with van der Waals surface area (Å²) in [6.45, 7) is 2.07. The molecule has 0 spiro atoms. The summed E-state index contributed by atoms with van der Waals surface area (Å²) in [4.78, 5) is 4.66. The maximum atomic E-state index is 6.10. The van der Waals surface area contributed by atoms with Crippen LogP contribution in [0.2, 0.25) is 0 Å². The van der Waals surface area contributed by atoms with E-state index in [1.165, 1.54) is 5.56 Å². The molecule has 0 aliphatic rings. The third-order valence-electron chi connectivity index (χ3n) is 4.30. The number of methoxy groups -OCH3 is 1. The summed E-state index contributed by atoms with van der Waals surface area (Å²) >= 11 is 0. The van der Waals surface area contributed by atoms with Gasteiger partial charge in [0.05, 0.1) is 18.2 Å². The smallest absolute Gasteiger partial charge is 0.184 e. The molecule has 0 saturated carbocycles. The fourth-order valence-corrected chi connectivity index (χ4v) is 2.92. The zero-order valence-electron chi connectivity index (χ0n) is 14.1. The normalized spacial score (nSPS) is 11.0. The van der Waals surface area contributed by atoms with E-state index in [1.54, 1.807) is 7.11 Å². The van der Waals surface area contributed by atoms with E-state index in [-0.39, 0.29) is 0 Å². The van der Waals surface area contributed by atoms with Gasteiger partial charge in [-0.1, -0.05) is 29.8 Å². The number of pyridine rings is 1. The van der Waals surface area contributed by atoms with Gasteiger partial charge in [0.2, 0.25) is 0 Å². The van der Waals surface area contributed by atoms with Crippen molar-refractivity contribution in [2.24, 2.45) is 0 Å². The van der Waals surface area contributed by atoms with Gasteiger partial charge in [-0.2, -0.15) is 5.10 Å². The van der Waals surface area contributed by atoms with Crippen LogP contribution in [0.15, 0.2) is 54.6 Å². The topological polar surface area (TPSA) is 76.8 Å². The Balaban J connectivity index is 1.93. The predicted molar refractivity (Wildman–Crippen MR) is 100 cm³/mol. The summed E-state index contributed by atoms with van der Waals surface area (Å²) in [5.74, 6) is 1.34. The minimum Gasteiger partial charge on any atom is -0.497 e. The second-order valence-corrected chi connectivity index (χ2v) is 5.99. The van der Waals surface area contributed by atoms with Gasteiger partial charge in [0.1, 0.15) is 11.6 Å². The SMILES string of the molecule is COc1ccc(-c2cc(-c3ccc(C)cc3)c3c(N)[nH]nc3n2)cc1. The summed E-state index contributed by atoms with van der Waals surface area (Å²) in [5.41, 5.74) is 11.9. The number of nitrogens with one attached hydrogen (secondary N) is 1. The number of benzene rings is 2. The Hall–Kier alpha value is -3.34. The van der Waals surface area contributed by atoms with E-state index in [0.717, 1.165) is 33.5 Å². The zero-order valence-corrected chi connectivity index (χ0v) is 14.1. The highest BCUT2D eigenvalue weighted by Gasteiger charge is 2.14. The largest absolute Gasteiger partial charge is 0.497 e. The highest BCUT2D eigenvalue weighted by Crippen LogP contribution is 2.34. The molecule has 5 heteroatoms. The first-order valence-electron chi connectivity index (χ1n) is 8.02. The Morgan fingerprint density at radius 1 is 0.960 bits per heavy atom. The Bertz CT molecular complexity index is 1030. The van der Waals surface area contributed by atoms with Crippen molar-refractivity contribution in [2.45, 2.75) is 6.92 Å². The number of aryl methyl sites for hydroxylation is 1. The van der Waals surface area contributed by atoms with E-state index in [0.29, 0.717) is 11.5 Å². The molecule has 0 bridgehead atoms. The first-order valence-corrected chi connectivity index (χ1v) is 8.02. The number of ether oxygens (including phenoxy) is 1. The van der Waals surface area contributed by atoms with Crippen LogP contribution in [0.25, 0.3) is 33.4 Å². The lowest BCUT2D eigenvalue weighted by atomic mass is 9.99. The van der Waals surface area contributed by atoms with Crippen LogP contribution in [0.1, 0.15) is 5.56 Å². The molecule has 2 heterocycles. The number of fused-ring (bicyclic) bond motifs is 1. The Labute approximate surface area is 145 Å². The fraction of sp³-hybridized carbons (Fsp3) is 0.100. The van der Waals surface area contributed by atoms with Crippen LogP contribution < -0.4 is 10.5 Å². The Morgan fingerprint density at radius 3 is 2.32 bits per heavy atom. The lowest BCUT2D eigenvalue weighted by Crippen LogP contribution is -1.91. The molecule has 0 radical (unpaired) electrons. The van der Waals surface area contributed by atoms with E-state index >= 15 is 0 Å². The third-order valence-corrected chi connectivity index (χ3v) is 4.30. The van der Waals surface area contributed by atoms with Crippen LogP contribution in [0.5, 0.6) is 5.75 Å². The number of nitrogens with two attached hydrogens (primary N) is 1. The van der Waals surface area contributed by atoms with Crippen LogP contribution in [0.3, 0.4) is 0 Å². The average Bonchev–Trinajstić information content (AvgIpc) is 3.03. The fourth-order valence-electron chi connectivity index (χ4n) is 2.92. The van der Waals surface area contributed by atoms with Gasteiger partial charge in [-0.25, -0.2) is 4.98 Å². The highest BCUT2D eigenvalue weighted by molar-refractivity contribution is 6.01. The van der Waals surface area contributed by atoms with Crippen molar-refractivity contribution < 1.29 is 4.74 Å². The van der Waals surface area contributed by atoms with Gasteiger partial charge in [0.25, 0.3) is 0 Å². The molecule has 2 aromatic heterocycles. The van der Waals surface area contributed by atoms with Crippen LogP contribution in [-0.2, 0) is 0 Å². The Kier molecular flexibility index (Phi) is 3.61. The van der Waals surface area contributed by atoms with E-state index in [1.807, 2.05) is 24.3 Å². The number of aromatic nitrogens is 3. The van der Waals surface area contributed by atoms with E-state index in [9.17, 15) is 0 Å². The van der Waals surface area contributed by atoms with Gasteiger partial charge < -0.3 is 10.5 Å². The molecular formula is C20H18N4O. The molecule has 124 valence electrons. The monoisotopic (exact) mass is 330 g/mol. The maximum absolute atomic E-state index is 6.10. The molecular weight excluding hydrogens is 312 g/mol. The molecule has 25 heavy (non-hydrogen) atoms. The van der Waals surface area contributed by atoms with Crippen molar-refractivity contribution in [1.29, 1.82) is 0 Å². The summed E-state index contributed by atoms with van der Waals surface area (Å²) < 4.78 is 5.23. The van der Waals surface area contributed by atoms with Gasteiger partial charge in [0, 0.05) is 5.56 Å². The Morgan fingerprint density at radius 2 is 1.64 bits per heavy atom. The van der Waals surface area contributed by atoms with Crippen molar-refractivity contribution >= 4 is 16.9 Å². The molecule has 5 nitrogen and oxygen atoms in total. The standard InChI is InChI=1S/C20H18N4O/c1-12-3-5-13(6-4-12)16-11-17(14-7-9-15(25-2)10-8-14)22-20-18(16)19(21)23-24-20/h3-11H,1-2H3,(H3,21,22,23,24). The van der Waals surface area contributed by atoms with Gasteiger partial charge in [-0.05, 0) is 48.4 Å². The molecule has 0 amide bonds. The van der Waals surface area contributed by atoms with Crippen molar-refractivity contribution in [2.75, 3.05) is 12.8 Å². The summed E-state index contributed by atoms with van der Waals surface area (Å²) in [6, 6.07) is 18.2. The lowest BCUT2D eigenvalue weighted by Gasteiger charge is -2.09. The highest BCUT2D eigenvalue weighted by atomic mass is 16.5. The summed E-state index contributed by atoms with van der Waals surface area (Å²) in [7, 11) is 1.65. The zero-order chi connectivity index (χ0) is 17.4. The molecule has 0 saturated heterocycles. The maximum Gasteiger partial charge on any atom is 0.184 e. The predicted octanol–water partition coefficient (Wildman–Crippen LogP) is 4.19. The quantitative estimate of drug-likeness (QED) is 0.590. The average molecular weight is 330 g/mol. The van der Waals surface area contributed by atoms with Crippen LogP contribution >= 0.6 is 0 Å². The van der Waals surface area contributed by atoms with Crippen molar-refractivity contribution in [3.8, 4) is 28.1 Å². The number of H-pyrrole nitrogens is 1. The van der Waals surface area contributed by atoms with Gasteiger partial charge >= 0.3 is 0 Å². The minimum absolute atomic E-state index is 0.527. The number of nitrogens with zero attached hydrogens (tertiary/aromatic N) is 2. The van der Waals surface area contributed by atoms with E-state index in [4.69, 9.17) is 10.5 Å². The second-order valence-electron chi connectivity index (χ2n) is 5.99. The number of hydrogen-bond donors (Lipinski definition) is 2. The first-order chi connectivity index (χ1) is 12.2. The van der Waals surface area contributed by atoms with Crippen molar-refractivity contribution in [3.63, 3.8) is 0 Å². The number of rotatable bonds is 3. The molecule has 0 atom stereocenters. The van der Waals surface area contributed by atoms with Crippen molar-refractivity contribution in [1.82, 2.24) is 15.2 Å². The molecule has 0 aliphatic carbocycles. The second kappa shape index (κ2) is 5.94. The van der Waals surface area contributed by atoms with Crippen LogP contribution in [0, 0.1) is 6.92 Å². The van der Waals surface area contributed by atoms with E-state index < -0.39 is 0 Å². The summed E-state index contributed by atoms with van der Waals surface area (Å²) in [6.07, 6.45) is 0. The first kappa shape index (κ1) is 15.2. The van der Waals surface area contributed by atoms with Crippen LogP contribution in [-0.4, -0.2) is 22.3 Å². The van der Waals surface area contributed by atoms with Gasteiger partial charge in [0.15, 0.2) is 5.65 Å². The molecule has 0 fully saturated rings. The molecule has 0 unspecified atom stereocenters. The van der Waals surface area contributed by atoms with Crippen LogP contribution in [0.4, 0.5) is 5.82 Å². The van der Waals surface area contributed by atoms with Gasteiger partial charge in [-0.3, -0.25) is 5.10 Å². The number of nitrogen functional groups attached to an aromatic ring is 1. The molecule has 3 N–H and O–H groups in total. The van der Waals surface area contributed by atoms with Gasteiger partial charge in [-0.15, -0.1) is 0 Å². The number of anilines is 1. The molecule has 0 aliphatic heterocycles. The molecule has 2 aromatic carbocycles. The van der Waals surface area contributed by atoms with E-state index in [2.05, 4.69) is 52.4 Å². The number of hydrogen-bond acceptors (Lipinski definition) is 4. The molecule has 4 rings (SSSR count). The number of aromatic amines is 1. The minimum atomic E-state index is 0.527. The molecule has 4 aromatic rings. The third kappa shape index (κ3) is 2.70.